The Bertz CT molecular complexity index is 952. The first-order valence-electron chi connectivity index (χ1n) is 7.82. The van der Waals surface area contributed by atoms with E-state index in [0.717, 1.165) is 0 Å². The number of carbonyl (C=O) groups excluding carboxylic acids is 2. The molecule has 0 aliphatic rings. The minimum absolute atomic E-state index is 0.239. The number of amides is 2. The average molecular weight is 455 g/mol. The zero-order valence-corrected chi connectivity index (χ0v) is 17.0. The van der Waals surface area contributed by atoms with Crippen LogP contribution in [0.25, 0.3) is 0 Å². The third-order valence-corrected chi connectivity index (χ3v) is 4.35. The summed E-state index contributed by atoms with van der Waals surface area (Å²) in [6.07, 6.45) is 0. The first-order chi connectivity index (χ1) is 13.3. The van der Waals surface area contributed by atoms with Crippen LogP contribution in [-0.4, -0.2) is 16.8 Å². The van der Waals surface area contributed by atoms with Gasteiger partial charge in [0.2, 0.25) is 0 Å². The van der Waals surface area contributed by atoms with E-state index in [1.54, 1.807) is 18.2 Å². The van der Waals surface area contributed by atoms with Crippen molar-refractivity contribution in [3.05, 3.63) is 85.8 Å². The van der Waals surface area contributed by atoms with Gasteiger partial charge in [-0.1, -0.05) is 52.5 Å². The van der Waals surface area contributed by atoms with Crippen molar-refractivity contribution in [3.8, 4) is 0 Å². The van der Waals surface area contributed by atoms with Gasteiger partial charge in [0.05, 0.1) is 0 Å². The lowest BCUT2D eigenvalue weighted by Gasteiger charge is -2.09. The van der Waals surface area contributed by atoms with Gasteiger partial charge in [0.25, 0.3) is 11.8 Å². The zero-order chi connectivity index (χ0) is 20.3. The molecule has 0 saturated heterocycles. The molecule has 28 heavy (non-hydrogen) atoms. The van der Waals surface area contributed by atoms with Crippen LogP contribution in [0.15, 0.2) is 54.6 Å². The second-order valence-corrected chi connectivity index (χ2v) is 7.38. The second kappa shape index (κ2) is 8.80. The maximum Gasteiger partial charge on any atom is 0.256 e. The normalized spacial score (nSPS) is 10.4. The van der Waals surface area contributed by atoms with Gasteiger partial charge in [-0.15, -0.1) is 0 Å². The lowest BCUT2D eigenvalue weighted by atomic mass is 10.2. The maximum atomic E-state index is 12.4. The Morgan fingerprint density at radius 1 is 0.643 bits per heavy atom. The largest absolute Gasteiger partial charge is 0.306 e. The SMILES string of the molecule is O=C(Nc1cccc(NC(=O)c2cc(Cl)cc(Cl)c2)n1)c1cc(Cl)cc(Cl)c1. The molecule has 0 fully saturated rings. The highest BCUT2D eigenvalue weighted by atomic mass is 35.5. The molecule has 0 saturated carbocycles. The molecule has 1 aromatic heterocycles. The van der Waals surface area contributed by atoms with E-state index in [-0.39, 0.29) is 22.8 Å². The molecule has 0 aliphatic heterocycles. The molecule has 3 rings (SSSR count). The first kappa shape index (κ1) is 20.4. The van der Waals surface area contributed by atoms with Crippen molar-refractivity contribution in [2.75, 3.05) is 10.6 Å². The van der Waals surface area contributed by atoms with Crippen molar-refractivity contribution in [1.29, 1.82) is 0 Å². The van der Waals surface area contributed by atoms with E-state index in [1.165, 1.54) is 36.4 Å². The fraction of sp³-hybridized carbons (Fsp3) is 0. The van der Waals surface area contributed by atoms with E-state index in [1.807, 2.05) is 0 Å². The van der Waals surface area contributed by atoms with Crippen LogP contribution < -0.4 is 10.6 Å². The summed E-state index contributed by atoms with van der Waals surface area (Å²) in [5, 5.41) is 6.61. The van der Waals surface area contributed by atoms with Crippen molar-refractivity contribution < 1.29 is 9.59 Å². The zero-order valence-electron chi connectivity index (χ0n) is 14.0. The smallest absolute Gasteiger partial charge is 0.256 e. The van der Waals surface area contributed by atoms with E-state index in [2.05, 4.69) is 15.6 Å². The molecule has 0 unspecified atom stereocenters. The summed E-state index contributed by atoms with van der Waals surface area (Å²) in [4.78, 5) is 28.9. The third-order valence-electron chi connectivity index (χ3n) is 3.48. The number of pyridine rings is 1. The summed E-state index contributed by atoms with van der Waals surface area (Å²) in [5.41, 5.74) is 0.560. The summed E-state index contributed by atoms with van der Waals surface area (Å²) in [5.74, 6) is -0.407. The molecular weight excluding hydrogens is 444 g/mol. The fourth-order valence-corrected chi connectivity index (χ4v) is 3.37. The van der Waals surface area contributed by atoms with Crippen LogP contribution in [0.1, 0.15) is 20.7 Å². The van der Waals surface area contributed by atoms with Gasteiger partial charge in [0.1, 0.15) is 11.6 Å². The van der Waals surface area contributed by atoms with Gasteiger partial charge >= 0.3 is 0 Å². The number of anilines is 2. The lowest BCUT2D eigenvalue weighted by molar-refractivity contribution is 0.101. The molecule has 5 nitrogen and oxygen atoms in total. The maximum absolute atomic E-state index is 12.4. The van der Waals surface area contributed by atoms with Crippen LogP contribution >= 0.6 is 46.4 Å². The van der Waals surface area contributed by atoms with Crippen LogP contribution in [-0.2, 0) is 0 Å². The van der Waals surface area contributed by atoms with Gasteiger partial charge in [0.15, 0.2) is 0 Å². The van der Waals surface area contributed by atoms with Gasteiger partial charge in [-0.3, -0.25) is 9.59 Å². The van der Waals surface area contributed by atoms with Crippen molar-refractivity contribution >= 4 is 69.9 Å². The highest BCUT2D eigenvalue weighted by Gasteiger charge is 2.12. The minimum Gasteiger partial charge on any atom is -0.306 e. The number of hydrogen-bond acceptors (Lipinski definition) is 3. The van der Waals surface area contributed by atoms with Crippen molar-refractivity contribution in [2.24, 2.45) is 0 Å². The Labute approximate surface area is 180 Å². The van der Waals surface area contributed by atoms with E-state index < -0.39 is 11.8 Å². The van der Waals surface area contributed by atoms with Gasteiger partial charge < -0.3 is 10.6 Å². The van der Waals surface area contributed by atoms with Gasteiger partial charge in [-0.25, -0.2) is 4.98 Å². The average Bonchev–Trinajstić information content (AvgIpc) is 2.60. The van der Waals surface area contributed by atoms with Crippen molar-refractivity contribution in [1.82, 2.24) is 4.98 Å². The van der Waals surface area contributed by atoms with E-state index in [9.17, 15) is 9.59 Å². The highest BCUT2D eigenvalue weighted by molar-refractivity contribution is 6.36. The van der Waals surface area contributed by atoms with Gasteiger partial charge in [0, 0.05) is 31.2 Å². The molecule has 0 atom stereocenters. The molecule has 2 amide bonds. The topological polar surface area (TPSA) is 71.1 Å². The molecule has 2 aromatic carbocycles. The molecule has 2 N–H and O–H groups in total. The second-order valence-electron chi connectivity index (χ2n) is 5.63. The molecule has 3 aromatic rings. The number of carbonyl (C=O) groups is 2. The fourth-order valence-electron chi connectivity index (χ4n) is 2.32. The monoisotopic (exact) mass is 453 g/mol. The number of hydrogen-bond donors (Lipinski definition) is 2. The Balaban J connectivity index is 1.75. The number of benzene rings is 2. The van der Waals surface area contributed by atoms with Crippen LogP contribution in [0.4, 0.5) is 11.6 Å². The summed E-state index contributed by atoms with van der Waals surface area (Å²) in [6, 6.07) is 13.8. The number of rotatable bonds is 4. The lowest BCUT2D eigenvalue weighted by Crippen LogP contribution is -2.16. The van der Waals surface area contributed by atoms with Crippen LogP contribution in [0.3, 0.4) is 0 Å². The van der Waals surface area contributed by atoms with Crippen molar-refractivity contribution in [2.45, 2.75) is 0 Å². The Morgan fingerprint density at radius 3 is 1.36 bits per heavy atom. The molecule has 0 spiro atoms. The minimum atomic E-state index is -0.443. The van der Waals surface area contributed by atoms with E-state index in [4.69, 9.17) is 46.4 Å². The van der Waals surface area contributed by atoms with Crippen molar-refractivity contribution in [3.63, 3.8) is 0 Å². The molecule has 1 heterocycles. The summed E-state index contributed by atoms with van der Waals surface area (Å²) < 4.78 is 0. The predicted molar refractivity (Wildman–Crippen MR) is 113 cm³/mol. The first-order valence-corrected chi connectivity index (χ1v) is 9.33. The Morgan fingerprint density at radius 2 is 1.00 bits per heavy atom. The molecule has 0 radical (unpaired) electrons. The van der Waals surface area contributed by atoms with E-state index in [0.29, 0.717) is 20.1 Å². The molecule has 0 aliphatic carbocycles. The number of nitrogens with zero attached hydrogens (tertiary/aromatic N) is 1. The summed E-state index contributed by atoms with van der Waals surface area (Å²) in [7, 11) is 0. The summed E-state index contributed by atoms with van der Waals surface area (Å²) >= 11 is 23.7. The molecule has 142 valence electrons. The van der Waals surface area contributed by atoms with Crippen LogP contribution in [0.2, 0.25) is 20.1 Å². The number of halogens is 4. The quantitative estimate of drug-likeness (QED) is 0.492. The van der Waals surface area contributed by atoms with Gasteiger partial charge in [-0.2, -0.15) is 0 Å². The number of aromatic nitrogens is 1. The van der Waals surface area contributed by atoms with Gasteiger partial charge in [-0.05, 0) is 48.5 Å². The summed E-state index contributed by atoms with van der Waals surface area (Å²) in [6.45, 7) is 0. The molecular formula is C19H11Cl4N3O2. The highest BCUT2D eigenvalue weighted by Crippen LogP contribution is 2.21. The standard InChI is InChI=1S/C19H11Cl4N3O2/c20-12-4-10(5-13(21)8-12)18(27)25-16-2-1-3-17(24-16)26-19(28)11-6-14(22)9-15(23)7-11/h1-9H,(H2,24,25,26,27,28). The number of nitrogens with one attached hydrogen (secondary N) is 2. The van der Waals surface area contributed by atoms with Crippen LogP contribution in [0, 0.1) is 0 Å². The molecule has 9 heteroatoms. The van der Waals surface area contributed by atoms with E-state index >= 15 is 0 Å². The Kier molecular flexibility index (Phi) is 6.42. The molecule has 0 bridgehead atoms. The Hall–Kier alpha value is -2.31. The predicted octanol–water partition coefficient (Wildman–Crippen LogP) is 6.20. The third kappa shape index (κ3) is 5.36. The van der Waals surface area contributed by atoms with Crippen LogP contribution in [0.5, 0.6) is 0 Å².